The smallest absolute Gasteiger partial charge is 0.265 e. The minimum Gasteiger partial charge on any atom is -0.326 e. The summed E-state index contributed by atoms with van der Waals surface area (Å²) >= 11 is 0. The number of benzene rings is 1. The average Bonchev–Trinajstić information content (AvgIpc) is 2.48. The zero-order valence-electron chi connectivity index (χ0n) is 10.8. The van der Waals surface area contributed by atoms with Gasteiger partial charge in [-0.2, -0.15) is 0 Å². The second-order valence-corrected chi connectivity index (χ2v) is 4.87. The van der Waals surface area contributed by atoms with Crippen LogP contribution < -0.4 is 16.6 Å². The third-order valence-corrected chi connectivity index (χ3v) is 3.52. The molecule has 1 fully saturated rings. The summed E-state index contributed by atoms with van der Waals surface area (Å²) in [5.74, 6) is 4.91. The van der Waals surface area contributed by atoms with Crippen molar-refractivity contribution in [3.63, 3.8) is 0 Å². The Labute approximate surface area is 112 Å². The Morgan fingerprint density at radius 2 is 1.68 bits per heavy atom. The molecule has 1 aliphatic rings. The number of hydrogen-bond donors (Lipinski definition) is 3. The molecular weight excluding hydrogens is 242 g/mol. The number of hydrazine groups is 1. The summed E-state index contributed by atoms with van der Waals surface area (Å²) in [6, 6.07) is 6.70. The molecule has 0 spiro atoms. The molecule has 1 aromatic carbocycles. The van der Waals surface area contributed by atoms with Gasteiger partial charge < -0.3 is 5.32 Å². The van der Waals surface area contributed by atoms with Crippen molar-refractivity contribution in [2.75, 3.05) is 5.32 Å². The number of hydrogen-bond acceptors (Lipinski definition) is 3. The maximum atomic E-state index is 12.0. The molecule has 0 unspecified atom stereocenters. The second-order valence-electron chi connectivity index (χ2n) is 4.87. The lowest BCUT2D eigenvalue weighted by Gasteiger charge is -2.20. The maximum Gasteiger partial charge on any atom is 0.265 e. The van der Waals surface area contributed by atoms with Crippen molar-refractivity contribution in [1.82, 2.24) is 5.43 Å². The van der Waals surface area contributed by atoms with Crippen molar-refractivity contribution in [2.24, 2.45) is 11.8 Å². The number of carbonyl (C=O) groups is 2. The third kappa shape index (κ3) is 3.54. The molecule has 4 N–H and O–H groups in total. The molecule has 0 radical (unpaired) electrons. The number of anilines is 1. The first-order valence-corrected chi connectivity index (χ1v) is 6.62. The number of rotatable bonds is 3. The van der Waals surface area contributed by atoms with E-state index in [2.05, 4.69) is 10.7 Å². The van der Waals surface area contributed by atoms with Gasteiger partial charge in [0.2, 0.25) is 5.91 Å². The lowest BCUT2D eigenvalue weighted by atomic mass is 9.88. The zero-order valence-corrected chi connectivity index (χ0v) is 10.8. The van der Waals surface area contributed by atoms with Crippen molar-refractivity contribution >= 4 is 17.5 Å². The first kappa shape index (κ1) is 13.5. The van der Waals surface area contributed by atoms with Gasteiger partial charge in [0.05, 0.1) is 0 Å². The fourth-order valence-corrected chi connectivity index (χ4v) is 2.40. The molecule has 1 saturated carbocycles. The monoisotopic (exact) mass is 261 g/mol. The van der Waals surface area contributed by atoms with Crippen LogP contribution in [0.3, 0.4) is 0 Å². The van der Waals surface area contributed by atoms with E-state index >= 15 is 0 Å². The van der Waals surface area contributed by atoms with Gasteiger partial charge in [-0.25, -0.2) is 5.84 Å². The largest absolute Gasteiger partial charge is 0.326 e. The van der Waals surface area contributed by atoms with Crippen LogP contribution in [0.4, 0.5) is 5.69 Å². The molecular formula is C14H19N3O2. The van der Waals surface area contributed by atoms with Crippen molar-refractivity contribution in [2.45, 2.75) is 32.1 Å². The SMILES string of the molecule is NNC(=O)c1ccc(NC(=O)C2CCCCC2)cc1. The molecule has 0 atom stereocenters. The predicted octanol–water partition coefficient (Wildman–Crippen LogP) is 1.81. The van der Waals surface area contributed by atoms with Gasteiger partial charge in [-0.05, 0) is 37.1 Å². The standard InChI is InChI=1S/C14H19N3O2/c15-17-14(19)11-6-8-12(9-7-11)16-13(18)10-4-2-1-3-5-10/h6-10H,1-5,15H2,(H,16,18)(H,17,19). The highest BCUT2D eigenvalue weighted by Gasteiger charge is 2.20. The van der Waals surface area contributed by atoms with Crippen molar-refractivity contribution < 1.29 is 9.59 Å². The highest BCUT2D eigenvalue weighted by molar-refractivity contribution is 5.96. The van der Waals surface area contributed by atoms with E-state index < -0.39 is 0 Å². The summed E-state index contributed by atoms with van der Waals surface area (Å²) in [4.78, 5) is 23.3. The summed E-state index contributed by atoms with van der Waals surface area (Å²) in [5.41, 5.74) is 3.25. The van der Waals surface area contributed by atoms with Crippen molar-refractivity contribution in [3.05, 3.63) is 29.8 Å². The number of nitrogen functional groups attached to an aromatic ring is 1. The molecule has 0 saturated heterocycles. The van der Waals surface area contributed by atoms with E-state index in [0.717, 1.165) is 25.7 Å². The fraction of sp³-hybridized carbons (Fsp3) is 0.429. The number of carbonyl (C=O) groups excluding carboxylic acids is 2. The van der Waals surface area contributed by atoms with Gasteiger partial charge in [-0.15, -0.1) is 0 Å². The molecule has 0 aliphatic heterocycles. The fourth-order valence-electron chi connectivity index (χ4n) is 2.40. The van der Waals surface area contributed by atoms with Crippen LogP contribution in [-0.2, 0) is 4.79 Å². The van der Waals surface area contributed by atoms with Crippen LogP contribution in [-0.4, -0.2) is 11.8 Å². The second kappa shape index (κ2) is 6.33. The minimum absolute atomic E-state index is 0.0794. The molecule has 0 aromatic heterocycles. The normalized spacial score (nSPS) is 15.8. The first-order valence-electron chi connectivity index (χ1n) is 6.62. The molecule has 1 aromatic rings. The van der Waals surface area contributed by atoms with Gasteiger partial charge in [-0.1, -0.05) is 19.3 Å². The lowest BCUT2D eigenvalue weighted by Crippen LogP contribution is -2.30. The summed E-state index contributed by atoms with van der Waals surface area (Å²) in [5, 5.41) is 2.89. The Kier molecular flexibility index (Phi) is 4.52. The molecule has 2 amide bonds. The summed E-state index contributed by atoms with van der Waals surface area (Å²) < 4.78 is 0. The van der Waals surface area contributed by atoms with E-state index in [4.69, 9.17) is 5.84 Å². The highest BCUT2D eigenvalue weighted by Crippen LogP contribution is 2.25. The van der Waals surface area contributed by atoms with Crippen LogP contribution in [0.15, 0.2) is 24.3 Å². The van der Waals surface area contributed by atoms with E-state index in [1.54, 1.807) is 24.3 Å². The lowest BCUT2D eigenvalue weighted by molar-refractivity contribution is -0.120. The topological polar surface area (TPSA) is 84.2 Å². The van der Waals surface area contributed by atoms with Crippen LogP contribution in [0, 0.1) is 5.92 Å². The predicted molar refractivity (Wildman–Crippen MR) is 73.3 cm³/mol. The Bertz CT molecular complexity index is 450. The van der Waals surface area contributed by atoms with E-state index in [-0.39, 0.29) is 17.7 Å². The molecule has 102 valence electrons. The van der Waals surface area contributed by atoms with Gasteiger partial charge in [0.25, 0.3) is 5.91 Å². The Morgan fingerprint density at radius 3 is 2.26 bits per heavy atom. The van der Waals surface area contributed by atoms with Crippen LogP contribution >= 0.6 is 0 Å². The summed E-state index contributed by atoms with van der Waals surface area (Å²) in [6.07, 6.45) is 5.44. The Balaban J connectivity index is 1.95. The maximum absolute atomic E-state index is 12.0. The highest BCUT2D eigenvalue weighted by atomic mass is 16.2. The van der Waals surface area contributed by atoms with Gasteiger partial charge in [0.15, 0.2) is 0 Å². The zero-order chi connectivity index (χ0) is 13.7. The van der Waals surface area contributed by atoms with E-state index in [1.807, 2.05) is 0 Å². The van der Waals surface area contributed by atoms with Crippen LogP contribution in [0.25, 0.3) is 0 Å². The van der Waals surface area contributed by atoms with E-state index in [9.17, 15) is 9.59 Å². The molecule has 5 heteroatoms. The van der Waals surface area contributed by atoms with Crippen molar-refractivity contribution in [3.8, 4) is 0 Å². The Hall–Kier alpha value is -1.88. The molecule has 2 rings (SSSR count). The molecule has 0 heterocycles. The van der Waals surface area contributed by atoms with Crippen LogP contribution in [0.2, 0.25) is 0 Å². The first-order chi connectivity index (χ1) is 9.20. The van der Waals surface area contributed by atoms with E-state index in [0.29, 0.717) is 11.3 Å². The van der Waals surface area contributed by atoms with Crippen LogP contribution in [0.1, 0.15) is 42.5 Å². The van der Waals surface area contributed by atoms with Crippen molar-refractivity contribution in [1.29, 1.82) is 0 Å². The number of amides is 2. The van der Waals surface area contributed by atoms with Gasteiger partial charge >= 0.3 is 0 Å². The molecule has 5 nitrogen and oxygen atoms in total. The quantitative estimate of drug-likeness (QED) is 0.441. The third-order valence-electron chi connectivity index (χ3n) is 3.52. The van der Waals surface area contributed by atoms with Gasteiger partial charge in [-0.3, -0.25) is 15.0 Å². The minimum atomic E-state index is -0.342. The Morgan fingerprint density at radius 1 is 1.05 bits per heavy atom. The molecule has 1 aliphatic carbocycles. The molecule has 19 heavy (non-hydrogen) atoms. The average molecular weight is 261 g/mol. The van der Waals surface area contributed by atoms with E-state index in [1.165, 1.54) is 6.42 Å². The number of nitrogens with one attached hydrogen (secondary N) is 2. The number of nitrogens with two attached hydrogens (primary N) is 1. The molecule has 0 bridgehead atoms. The van der Waals surface area contributed by atoms with Gasteiger partial charge in [0.1, 0.15) is 0 Å². The van der Waals surface area contributed by atoms with Crippen LogP contribution in [0.5, 0.6) is 0 Å². The van der Waals surface area contributed by atoms with Gasteiger partial charge in [0, 0.05) is 17.2 Å². The summed E-state index contributed by atoms with van der Waals surface area (Å²) in [7, 11) is 0. The summed E-state index contributed by atoms with van der Waals surface area (Å²) in [6.45, 7) is 0.